The molecule has 1 heterocycles. The van der Waals surface area contributed by atoms with Gasteiger partial charge in [0.15, 0.2) is 5.96 Å². The van der Waals surface area contributed by atoms with Crippen molar-refractivity contribution in [3.05, 3.63) is 30.3 Å². The number of aliphatic imine (C=N–C) groups is 1. The zero-order chi connectivity index (χ0) is 18.8. The lowest BCUT2D eigenvalue weighted by molar-refractivity contribution is -0.146. The lowest BCUT2D eigenvalue weighted by Gasteiger charge is -2.33. The summed E-state index contributed by atoms with van der Waals surface area (Å²) < 4.78 is 4.86. The van der Waals surface area contributed by atoms with Crippen molar-refractivity contribution >= 4 is 41.6 Å². The number of ether oxygens (including phenoxy) is 1. The number of nitrogens with one attached hydrogen (secondary N) is 1. The van der Waals surface area contributed by atoms with Crippen LogP contribution in [0.3, 0.4) is 0 Å². The normalized spacial score (nSPS) is 15.1. The minimum absolute atomic E-state index is 0. The molecule has 1 saturated heterocycles. The largest absolute Gasteiger partial charge is 0.469 e. The van der Waals surface area contributed by atoms with Crippen LogP contribution in [-0.2, 0) is 9.53 Å². The SMILES string of the molecule is CCNC(=NCCCN(C)c1ccccc1)N1CCC(C(=O)OC)CC1.I. The predicted octanol–water partition coefficient (Wildman–Crippen LogP) is 2.98. The number of likely N-dealkylation sites (tertiary alicyclic amines) is 1. The number of para-hydroxylation sites is 1. The van der Waals surface area contributed by atoms with Gasteiger partial charge in [0.2, 0.25) is 0 Å². The van der Waals surface area contributed by atoms with Crippen molar-refractivity contribution in [2.45, 2.75) is 26.2 Å². The molecule has 0 aliphatic carbocycles. The molecular weight excluding hydrogens is 455 g/mol. The molecule has 1 fully saturated rings. The van der Waals surface area contributed by atoms with Crippen LogP contribution in [0, 0.1) is 5.92 Å². The second-order valence-corrected chi connectivity index (χ2v) is 6.63. The van der Waals surface area contributed by atoms with E-state index in [1.807, 2.05) is 6.07 Å². The molecule has 6 nitrogen and oxygen atoms in total. The van der Waals surface area contributed by atoms with Crippen molar-refractivity contribution in [3.8, 4) is 0 Å². The number of carbonyl (C=O) groups excluding carboxylic acids is 1. The molecule has 0 unspecified atom stereocenters. The van der Waals surface area contributed by atoms with Crippen LogP contribution in [0.2, 0.25) is 0 Å². The highest BCUT2D eigenvalue weighted by Crippen LogP contribution is 2.18. The standard InChI is InChI=1S/C20H32N4O2.HI/c1-4-21-20(24-15-11-17(12-16-24)19(25)26-3)22-13-8-14-23(2)18-9-6-5-7-10-18;/h5-7,9-10,17H,4,8,11-16H2,1-3H3,(H,21,22);1H. The van der Waals surface area contributed by atoms with Crippen LogP contribution in [0.25, 0.3) is 0 Å². The molecule has 0 aromatic heterocycles. The summed E-state index contributed by atoms with van der Waals surface area (Å²) in [6.45, 7) is 6.37. The molecule has 0 radical (unpaired) electrons. The molecule has 7 heteroatoms. The van der Waals surface area contributed by atoms with Gasteiger partial charge < -0.3 is 19.9 Å². The maximum atomic E-state index is 11.7. The number of nitrogens with zero attached hydrogens (tertiary/aromatic N) is 3. The van der Waals surface area contributed by atoms with Crippen molar-refractivity contribution < 1.29 is 9.53 Å². The van der Waals surface area contributed by atoms with E-state index >= 15 is 0 Å². The van der Waals surface area contributed by atoms with Gasteiger partial charge in [0, 0.05) is 45.5 Å². The number of benzene rings is 1. The number of rotatable bonds is 7. The first-order chi connectivity index (χ1) is 12.7. The Morgan fingerprint density at radius 2 is 1.96 bits per heavy atom. The Kier molecular flexibility index (Phi) is 11.2. The van der Waals surface area contributed by atoms with E-state index in [-0.39, 0.29) is 35.9 Å². The molecule has 1 aromatic carbocycles. The van der Waals surface area contributed by atoms with Gasteiger partial charge in [0.25, 0.3) is 0 Å². The van der Waals surface area contributed by atoms with E-state index in [0.717, 1.165) is 57.9 Å². The minimum atomic E-state index is -0.0875. The summed E-state index contributed by atoms with van der Waals surface area (Å²) in [4.78, 5) is 21.0. The number of carbonyl (C=O) groups is 1. The minimum Gasteiger partial charge on any atom is -0.469 e. The van der Waals surface area contributed by atoms with Crippen molar-refractivity contribution in [3.63, 3.8) is 0 Å². The molecule has 0 saturated carbocycles. The highest BCUT2D eigenvalue weighted by atomic mass is 127. The summed E-state index contributed by atoms with van der Waals surface area (Å²) >= 11 is 0. The first-order valence-corrected chi connectivity index (χ1v) is 9.53. The number of guanidine groups is 1. The van der Waals surface area contributed by atoms with E-state index < -0.39 is 0 Å². The van der Waals surface area contributed by atoms with Gasteiger partial charge in [-0.15, -0.1) is 24.0 Å². The fourth-order valence-electron chi connectivity index (χ4n) is 3.22. The van der Waals surface area contributed by atoms with Gasteiger partial charge in [0.05, 0.1) is 13.0 Å². The van der Waals surface area contributed by atoms with E-state index in [9.17, 15) is 4.79 Å². The van der Waals surface area contributed by atoms with Crippen LogP contribution in [0.4, 0.5) is 5.69 Å². The Hall–Kier alpha value is -1.51. The van der Waals surface area contributed by atoms with Gasteiger partial charge in [-0.05, 0) is 38.3 Å². The molecular formula is C20H33IN4O2. The lowest BCUT2D eigenvalue weighted by atomic mass is 9.97. The number of hydrogen-bond donors (Lipinski definition) is 1. The lowest BCUT2D eigenvalue weighted by Crippen LogP contribution is -2.46. The fraction of sp³-hybridized carbons (Fsp3) is 0.600. The molecule has 1 aromatic rings. The number of methoxy groups -OCH3 is 1. The van der Waals surface area contributed by atoms with Gasteiger partial charge in [-0.25, -0.2) is 0 Å². The van der Waals surface area contributed by atoms with E-state index in [2.05, 4.69) is 53.4 Å². The number of esters is 1. The fourth-order valence-corrected chi connectivity index (χ4v) is 3.22. The first-order valence-electron chi connectivity index (χ1n) is 9.53. The Morgan fingerprint density at radius 3 is 2.56 bits per heavy atom. The molecule has 1 aliphatic heterocycles. The molecule has 0 bridgehead atoms. The highest BCUT2D eigenvalue weighted by Gasteiger charge is 2.26. The van der Waals surface area contributed by atoms with Crippen molar-refractivity contribution in [2.24, 2.45) is 10.9 Å². The van der Waals surface area contributed by atoms with Gasteiger partial charge in [-0.3, -0.25) is 9.79 Å². The first kappa shape index (κ1) is 23.5. The van der Waals surface area contributed by atoms with E-state index in [1.54, 1.807) is 0 Å². The van der Waals surface area contributed by atoms with Crippen molar-refractivity contribution in [1.29, 1.82) is 0 Å². The molecule has 1 aliphatic rings. The zero-order valence-electron chi connectivity index (χ0n) is 16.7. The number of hydrogen-bond acceptors (Lipinski definition) is 4. The maximum Gasteiger partial charge on any atom is 0.308 e. The van der Waals surface area contributed by atoms with Crippen LogP contribution in [0.15, 0.2) is 35.3 Å². The summed E-state index contributed by atoms with van der Waals surface area (Å²) in [6.07, 6.45) is 2.65. The smallest absolute Gasteiger partial charge is 0.308 e. The Labute approximate surface area is 180 Å². The van der Waals surface area contributed by atoms with E-state index in [0.29, 0.717) is 0 Å². The van der Waals surface area contributed by atoms with E-state index in [4.69, 9.17) is 9.73 Å². The molecule has 0 spiro atoms. The maximum absolute atomic E-state index is 11.7. The zero-order valence-corrected chi connectivity index (χ0v) is 19.0. The summed E-state index contributed by atoms with van der Waals surface area (Å²) in [7, 11) is 3.58. The second kappa shape index (κ2) is 12.8. The third kappa shape index (κ3) is 7.56. The average molecular weight is 488 g/mol. The second-order valence-electron chi connectivity index (χ2n) is 6.63. The monoisotopic (exact) mass is 488 g/mol. The Balaban J connectivity index is 0.00000364. The number of piperidine rings is 1. The predicted molar refractivity (Wildman–Crippen MR) is 122 cm³/mol. The quantitative estimate of drug-likeness (QED) is 0.210. The Morgan fingerprint density at radius 1 is 1.30 bits per heavy atom. The third-order valence-corrected chi connectivity index (χ3v) is 4.77. The van der Waals surface area contributed by atoms with Crippen molar-refractivity contribution in [1.82, 2.24) is 10.2 Å². The van der Waals surface area contributed by atoms with Crippen LogP contribution in [0.5, 0.6) is 0 Å². The number of halogens is 1. The molecule has 0 atom stereocenters. The average Bonchev–Trinajstić information content (AvgIpc) is 2.70. The topological polar surface area (TPSA) is 57.2 Å². The molecule has 1 N–H and O–H groups in total. The highest BCUT2D eigenvalue weighted by molar-refractivity contribution is 14.0. The summed E-state index contributed by atoms with van der Waals surface area (Å²) in [5.74, 6) is 0.896. The van der Waals surface area contributed by atoms with Crippen molar-refractivity contribution in [2.75, 3.05) is 51.8 Å². The van der Waals surface area contributed by atoms with E-state index in [1.165, 1.54) is 12.8 Å². The van der Waals surface area contributed by atoms with Crippen LogP contribution >= 0.6 is 24.0 Å². The van der Waals surface area contributed by atoms with Gasteiger partial charge in [-0.1, -0.05) is 18.2 Å². The summed E-state index contributed by atoms with van der Waals surface area (Å²) in [5, 5.41) is 3.38. The third-order valence-electron chi connectivity index (χ3n) is 4.77. The van der Waals surface area contributed by atoms with Crippen LogP contribution in [0.1, 0.15) is 26.2 Å². The van der Waals surface area contributed by atoms with Gasteiger partial charge in [-0.2, -0.15) is 0 Å². The molecule has 2 rings (SSSR count). The van der Waals surface area contributed by atoms with Crippen LogP contribution in [-0.4, -0.2) is 63.7 Å². The summed E-state index contributed by atoms with van der Waals surface area (Å²) in [6, 6.07) is 10.4. The van der Waals surface area contributed by atoms with Gasteiger partial charge >= 0.3 is 5.97 Å². The summed E-state index contributed by atoms with van der Waals surface area (Å²) in [5.41, 5.74) is 1.23. The Bertz CT molecular complexity index is 575. The molecule has 27 heavy (non-hydrogen) atoms. The molecule has 152 valence electrons. The number of anilines is 1. The van der Waals surface area contributed by atoms with Gasteiger partial charge in [0.1, 0.15) is 0 Å². The van der Waals surface area contributed by atoms with Crippen LogP contribution < -0.4 is 10.2 Å². The molecule has 0 amide bonds.